The quantitative estimate of drug-likeness (QED) is 0.355. The summed E-state index contributed by atoms with van der Waals surface area (Å²) in [4.78, 5) is 9.32. The van der Waals surface area contributed by atoms with Crippen molar-refractivity contribution in [3.8, 4) is 11.3 Å². The zero-order chi connectivity index (χ0) is 24.3. The summed E-state index contributed by atoms with van der Waals surface area (Å²) in [6.45, 7) is 2.78. The third kappa shape index (κ3) is 6.62. The largest absolute Gasteiger partial charge is 0.389 e. The van der Waals surface area contributed by atoms with Crippen molar-refractivity contribution in [1.82, 2.24) is 15.3 Å². The average molecular weight is 501 g/mol. The number of aromatic nitrogens is 2. The molecule has 0 amide bonds. The number of anilines is 2. The summed E-state index contributed by atoms with van der Waals surface area (Å²) in [6, 6.07) is 8.75. The second-order valence-corrected chi connectivity index (χ2v) is 11.0. The summed E-state index contributed by atoms with van der Waals surface area (Å²) in [6.07, 6.45) is 9.56. The molecular formula is C26H37ClN6O2. The summed E-state index contributed by atoms with van der Waals surface area (Å²) in [5.41, 5.74) is 7.46. The molecule has 0 unspecified atom stereocenters. The Labute approximate surface area is 212 Å². The Morgan fingerprint density at radius 3 is 2.51 bits per heavy atom. The van der Waals surface area contributed by atoms with Gasteiger partial charge in [-0.05, 0) is 69.6 Å². The van der Waals surface area contributed by atoms with Gasteiger partial charge >= 0.3 is 0 Å². The summed E-state index contributed by atoms with van der Waals surface area (Å²) in [5.74, 6) is 1.60. The summed E-state index contributed by atoms with van der Waals surface area (Å²) < 4.78 is 5.44. The van der Waals surface area contributed by atoms with Crippen LogP contribution in [0.5, 0.6) is 0 Å². The molecule has 190 valence electrons. The molecule has 3 fully saturated rings. The molecule has 0 radical (unpaired) electrons. The van der Waals surface area contributed by atoms with Gasteiger partial charge in [0.25, 0.3) is 0 Å². The first-order chi connectivity index (χ1) is 16.9. The van der Waals surface area contributed by atoms with Crippen molar-refractivity contribution in [2.75, 3.05) is 36.9 Å². The van der Waals surface area contributed by atoms with Crippen molar-refractivity contribution in [3.05, 3.63) is 35.5 Å². The molecule has 0 spiro atoms. The molecule has 1 aliphatic heterocycles. The number of halogens is 1. The molecule has 35 heavy (non-hydrogen) atoms. The van der Waals surface area contributed by atoms with Crippen LogP contribution < -0.4 is 21.7 Å². The number of rotatable bonds is 9. The molecule has 9 heteroatoms. The lowest BCUT2D eigenvalue weighted by Crippen LogP contribution is -2.50. The minimum atomic E-state index is -0.434. The fraction of sp³-hybridized carbons (Fsp3) is 0.615. The fourth-order valence-corrected chi connectivity index (χ4v) is 5.12. The third-order valence-corrected chi connectivity index (χ3v) is 7.92. The van der Waals surface area contributed by atoms with Gasteiger partial charge in [-0.15, -0.1) is 0 Å². The van der Waals surface area contributed by atoms with Crippen LogP contribution in [-0.2, 0) is 4.74 Å². The van der Waals surface area contributed by atoms with Crippen molar-refractivity contribution in [2.24, 2.45) is 5.73 Å². The van der Waals surface area contributed by atoms with Crippen molar-refractivity contribution in [3.63, 3.8) is 0 Å². The van der Waals surface area contributed by atoms with Crippen LogP contribution >= 0.6 is 11.6 Å². The van der Waals surface area contributed by atoms with Gasteiger partial charge in [0, 0.05) is 55.7 Å². The minimum absolute atomic E-state index is 0.271. The predicted molar refractivity (Wildman–Crippen MR) is 140 cm³/mol. The highest BCUT2D eigenvalue weighted by molar-refractivity contribution is 6.33. The maximum atomic E-state index is 10.1. The molecule has 2 aliphatic carbocycles. The lowest BCUT2D eigenvalue weighted by Gasteiger charge is -2.33. The summed E-state index contributed by atoms with van der Waals surface area (Å²) >= 11 is 6.53. The second kappa shape index (κ2) is 10.6. The normalized spacial score (nSPS) is 25.1. The smallest absolute Gasteiger partial charge is 0.126 e. The molecule has 3 aliphatic rings. The fourth-order valence-electron chi connectivity index (χ4n) is 4.92. The number of nitrogens with two attached hydrogens (primary N) is 1. The van der Waals surface area contributed by atoms with Crippen LogP contribution in [0.25, 0.3) is 11.3 Å². The van der Waals surface area contributed by atoms with Gasteiger partial charge in [-0.25, -0.2) is 9.97 Å². The Balaban J connectivity index is 1.18. The highest BCUT2D eigenvalue weighted by Gasteiger charge is 2.40. The predicted octanol–water partition coefficient (Wildman–Crippen LogP) is 3.55. The van der Waals surface area contributed by atoms with E-state index in [0.717, 1.165) is 80.8 Å². The van der Waals surface area contributed by atoms with Crippen molar-refractivity contribution >= 4 is 23.2 Å². The van der Waals surface area contributed by atoms with Gasteiger partial charge in [0.1, 0.15) is 11.6 Å². The van der Waals surface area contributed by atoms with Crippen LogP contribution in [0, 0.1) is 0 Å². The molecule has 2 aromatic heterocycles. The maximum absolute atomic E-state index is 10.1. The first kappa shape index (κ1) is 24.7. The SMILES string of the molecule is NC1(CNc2cccc(-c3cc(N[C@H]4CC[C@@H](NCC5(O)CC5)CC4)ncc3Cl)n2)CCOCC1. The van der Waals surface area contributed by atoms with E-state index in [9.17, 15) is 5.11 Å². The lowest BCUT2D eigenvalue weighted by molar-refractivity contribution is 0.0574. The summed E-state index contributed by atoms with van der Waals surface area (Å²) in [5, 5.41) is 21.2. The van der Waals surface area contributed by atoms with Crippen LogP contribution in [0.2, 0.25) is 5.02 Å². The first-order valence-electron chi connectivity index (χ1n) is 12.9. The highest BCUT2D eigenvalue weighted by Crippen LogP contribution is 2.35. The van der Waals surface area contributed by atoms with E-state index in [1.165, 1.54) is 0 Å². The molecule has 2 aromatic rings. The Kier molecular flexibility index (Phi) is 7.46. The van der Waals surface area contributed by atoms with E-state index < -0.39 is 5.60 Å². The molecule has 2 saturated carbocycles. The average Bonchev–Trinajstić information content (AvgIpc) is 3.61. The van der Waals surface area contributed by atoms with Gasteiger partial charge in [-0.1, -0.05) is 17.7 Å². The number of aliphatic hydroxyl groups is 1. The molecule has 8 nitrogen and oxygen atoms in total. The van der Waals surface area contributed by atoms with E-state index >= 15 is 0 Å². The van der Waals surface area contributed by atoms with Gasteiger partial charge < -0.3 is 31.5 Å². The zero-order valence-corrected chi connectivity index (χ0v) is 21.0. The molecule has 0 aromatic carbocycles. The van der Waals surface area contributed by atoms with Gasteiger partial charge in [-0.3, -0.25) is 0 Å². The van der Waals surface area contributed by atoms with Crippen LogP contribution in [0.3, 0.4) is 0 Å². The molecule has 0 atom stereocenters. The topological polar surface area (TPSA) is 117 Å². The Bertz CT molecular complexity index is 1000. The van der Waals surface area contributed by atoms with Gasteiger partial charge in [-0.2, -0.15) is 0 Å². The van der Waals surface area contributed by atoms with Crippen LogP contribution in [0.15, 0.2) is 30.5 Å². The van der Waals surface area contributed by atoms with E-state index in [2.05, 4.69) is 20.9 Å². The highest BCUT2D eigenvalue weighted by atomic mass is 35.5. The number of pyridine rings is 2. The molecule has 1 saturated heterocycles. The van der Waals surface area contributed by atoms with Crippen molar-refractivity contribution in [2.45, 2.75) is 74.6 Å². The lowest BCUT2D eigenvalue weighted by atomic mass is 9.91. The van der Waals surface area contributed by atoms with Gasteiger partial charge in [0.05, 0.1) is 16.3 Å². The van der Waals surface area contributed by atoms with Crippen LogP contribution in [-0.4, -0.2) is 64.6 Å². The Morgan fingerprint density at radius 2 is 1.77 bits per heavy atom. The van der Waals surface area contributed by atoms with E-state index in [1.807, 2.05) is 24.3 Å². The number of hydrogen-bond acceptors (Lipinski definition) is 8. The van der Waals surface area contributed by atoms with Crippen LogP contribution in [0.4, 0.5) is 11.6 Å². The van der Waals surface area contributed by atoms with Crippen molar-refractivity contribution in [1.29, 1.82) is 0 Å². The number of hydrogen-bond donors (Lipinski definition) is 5. The van der Waals surface area contributed by atoms with Crippen molar-refractivity contribution < 1.29 is 9.84 Å². The van der Waals surface area contributed by atoms with E-state index in [-0.39, 0.29) is 5.54 Å². The molecular weight excluding hydrogens is 464 g/mol. The minimum Gasteiger partial charge on any atom is -0.389 e. The Hall–Kier alpha value is -1.97. The number of ether oxygens (including phenoxy) is 1. The van der Waals surface area contributed by atoms with E-state index in [1.54, 1.807) is 6.20 Å². The van der Waals surface area contributed by atoms with E-state index in [4.69, 9.17) is 27.1 Å². The number of nitrogens with zero attached hydrogens (tertiary/aromatic N) is 2. The molecule has 0 bridgehead atoms. The first-order valence-corrected chi connectivity index (χ1v) is 13.2. The second-order valence-electron chi connectivity index (χ2n) is 10.6. The zero-order valence-electron chi connectivity index (χ0n) is 20.2. The standard InChI is InChI=1S/C26H37ClN6O2/c27-21-15-29-24(32-19-6-4-18(5-7-19)30-17-26(34)8-9-26)14-20(21)22-2-1-3-23(33-22)31-16-25(28)10-12-35-13-11-25/h1-3,14-15,18-19,30,34H,4-13,16-17,28H2,(H,29,32)(H,31,33)/t18-,19+. The maximum Gasteiger partial charge on any atom is 0.126 e. The summed E-state index contributed by atoms with van der Waals surface area (Å²) in [7, 11) is 0. The number of nitrogens with one attached hydrogen (secondary N) is 3. The molecule has 6 N–H and O–H groups in total. The van der Waals surface area contributed by atoms with Gasteiger partial charge in [0.15, 0.2) is 0 Å². The van der Waals surface area contributed by atoms with Gasteiger partial charge in [0.2, 0.25) is 0 Å². The van der Waals surface area contributed by atoms with Crippen LogP contribution in [0.1, 0.15) is 51.4 Å². The van der Waals surface area contributed by atoms with E-state index in [0.29, 0.717) is 36.9 Å². The monoisotopic (exact) mass is 500 g/mol. The molecule has 5 rings (SSSR count). The third-order valence-electron chi connectivity index (χ3n) is 7.62. The molecule has 3 heterocycles. The Morgan fingerprint density at radius 1 is 1.03 bits per heavy atom.